The normalized spacial score (nSPS) is 25.9. The highest BCUT2D eigenvalue weighted by Gasteiger charge is 2.67. The van der Waals surface area contributed by atoms with E-state index in [1.165, 1.54) is 0 Å². The smallest absolute Gasteiger partial charge is 0.440 e. The van der Waals surface area contributed by atoms with Crippen molar-refractivity contribution in [2.45, 2.75) is 63.5 Å². The minimum absolute atomic E-state index is 0.133. The molecule has 1 heterocycles. The zero-order valence-corrected chi connectivity index (χ0v) is 16.8. The Morgan fingerprint density at radius 3 is 2.42 bits per heavy atom. The number of nitrogens with zero attached hydrogens (tertiary/aromatic N) is 1. The molecule has 1 aliphatic heterocycles. The molecule has 0 spiro atoms. The van der Waals surface area contributed by atoms with Gasteiger partial charge in [0.25, 0.3) is 5.91 Å². The van der Waals surface area contributed by atoms with E-state index in [0.717, 1.165) is 12.1 Å². The Hall–Kier alpha value is -2.72. The summed E-state index contributed by atoms with van der Waals surface area (Å²) in [6.45, 7) is 3.36. The second kappa shape index (κ2) is 8.43. The average molecular weight is 448 g/mol. The molecule has 2 unspecified atom stereocenters. The monoisotopic (exact) mass is 448 g/mol. The summed E-state index contributed by atoms with van der Waals surface area (Å²) >= 11 is 0. The molecule has 1 aromatic carbocycles. The van der Waals surface area contributed by atoms with E-state index in [1.54, 1.807) is 13.8 Å². The third-order valence-corrected chi connectivity index (χ3v) is 5.20. The van der Waals surface area contributed by atoms with Gasteiger partial charge in [-0.1, -0.05) is 5.16 Å². The van der Waals surface area contributed by atoms with Crippen LogP contribution in [-0.4, -0.2) is 41.5 Å². The van der Waals surface area contributed by atoms with Crippen LogP contribution in [0, 0.1) is 17.6 Å². The van der Waals surface area contributed by atoms with E-state index < -0.39 is 59.4 Å². The third kappa shape index (κ3) is 4.80. The number of carbonyl (C=O) groups is 2. The van der Waals surface area contributed by atoms with Gasteiger partial charge < -0.3 is 14.9 Å². The molecule has 0 saturated heterocycles. The maximum Gasteiger partial charge on any atom is 0.440 e. The van der Waals surface area contributed by atoms with Crippen LogP contribution in [0.1, 0.15) is 45.1 Å². The topological polar surface area (TPSA) is 77.0 Å². The molecular formula is C20H21F5N2O4. The Morgan fingerprint density at radius 1 is 1.19 bits per heavy atom. The Morgan fingerprint density at radius 2 is 1.84 bits per heavy atom. The largest absolute Gasteiger partial charge is 0.463 e. The molecule has 1 amide bonds. The fourth-order valence-electron chi connectivity index (χ4n) is 3.67. The number of carbonyl (C=O) groups excluding carboxylic acids is 2. The first-order valence-electron chi connectivity index (χ1n) is 9.71. The van der Waals surface area contributed by atoms with E-state index in [9.17, 15) is 31.5 Å². The van der Waals surface area contributed by atoms with Crippen LogP contribution >= 0.6 is 0 Å². The highest BCUT2D eigenvalue weighted by molar-refractivity contribution is 6.05. The van der Waals surface area contributed by atoms with Crippen molar-refractivity contribution in [1.82, 2.24) is 5.32 Å². The zero-order valence-electron chi connectivity index (χ0n) is 16.8. The molecule has 170 valence electrons. The molecule has 11 heteroatoms. The minimum Gasteiger partial charge on any atom is -0.463 e. The first kappa shape index (κ1) is 23.0. The number of hydrogen-bond donors (Lipinski definition) is 1. The summed E-state index contributed by atoms with van der Waals surface area (Å²) in [6.07, 6.45) is -5.74. The molecule has 3 atom stereocenters. The summed E-state index contributed by atoms with van der Waals surface area (Å²) in [5, 5.41) is 5.60. The Kier molecular flexibility index (Phi) is 6.24. The predicted molar refractivity (Wildman–Crippen MR) is 97.9 cm³/mol. The summed E-state index contributed by atoms with van der Waals surface area (Å²) in [5.41, 5.74) is -3.99. The lowest BCUT2D eigenvalue weighted by atomic mass is 9.92. The molecule has 1 saturated carbocycles. The van der Waals surface area contributed by atoms with Crippen LogP contribution in [0.4, 0.5) is 22.0 Å². The van der Waals surface area contributed by atoms with Gasteiger partial charge in [0.15, 0.2) is 0 Å². The lowest BCUT2D eigenvalue weighted by Crippen LogP contribution is -2.58. The van der Waals surface area contributed by atoms with Gasteiger partial charge in [0.2, 0.25) is 0 Å². The van der Waals surface area contributed by atoms with E-state index in [0.29, 0.717) is 18.9 Å². The second-order valence-electron chi connectivity index (χ2n) is 7.95. The Labute approximate surface area is 174 Å². The molecular weight excluding hydrogens is 427 g/mol. The number of hydrogen-bond acceptors (Lipinski definition) is 5. The standard InChI is InChI=1S/C20H21F5N2O4/c1-10(2)30-17(28)11-3-4-15(7-11)26-18(29)19(20(23,24)25)9-16(27-31-19)12-5-13(21)8-14(22)6-12/h5-6,8,10-11,15H,3-4,7,9H2,1-2H3,(H,26,29)/t11?,15?,19-/m1/s1. The summed E-state index contributed by atoms with van der Waals surface area (Å²) < 4.78 is 73.6. The van der Waals surface area contributed by atoms with Crippen molar-refractivity contribution in [3.63, 3.8) is 0 Å². The number of benzene rings is 1. The summed E-state index contributed by atoms with van der Waals surface area (Å²) in [5.74, 6) is -4.47. The van der Waals surface area contributed by atoms with Crippen LogP contribution in [0.15, 0.2) is 23.4 Å². The van der Waals surface area contributed by atoms with Gasteiger partial charge in [-0.3, -0.25) is 9.59 Å². The molecule has 1 N–H and O–H groups in total. The van der Waals surface area contributed by atoms with E-state index >= 15 is 0 Å². The SMILES string of the molecule is CC(C)OC(=O)C1CCC(NC(=O)[C@@]2(C(F)(F)F)CC(c3cc(F)cc(F)c3)=NO2)C1. The number of oxime groups is 1. The molecule has 1 aromatic rings. The molecule has 0 radical (unpaired) electrons. The van der Waals surface area contributed by atoms with Crippen molar-refractivity contribution in [2.75, 3.05) is 0 Å². The van der Waals surface area contributed by atoms with Gasteiger partial charge in [0.1, 0.15) is 11.6 Å². The summed E-state index contributed by atoms with van der Waals surface area (Å²) in [4.78, 5) is 29.2. The predicted octanol–water partition coefficient (Wildman–Crippen LogP) is 3.63. The van der Waals surface area contributed by atoms with Gasteiger partial charge >= 0.3 is 17.7 Å². The number of nitrogens with one attached hydrogen (secondary N) is 1. The number of esters is 1. The maximum absolute atomic E-state index is 13.9. The maximum atomic E-state index is 13.9. The molecule has 3 rings (SSSR count). The van der Waals surface area contributed by atoms with Gasteiger partial charge in [-0.25, -0.2) is 8.78 Å². The summed E-state index contributed by atoms with van der Waals surface area (Å²) in [7, 11) is 0. The lowest BCUT2D eigenvalue weighted by molar-refractivity contribution is -0.259. The molecule has 6 nitrogen and oxygen atoms in total. The second-order valence-corrected chi connectivity index (χ2v) is 7.95. The molecule has 31 heavy (non-hydrogen) atoms. The van der Waals surface area contributed by atoms with Crippen molar-refractivity contribution in [2.24, 2.45) is 11.1 Å². The van der Waals surface area contributed by atoms with Crippen molar-refractivity contribution in [1.29, 1.82) is 0 Å². The number of amides is 1. The molecule has 1 aliphatic carbocycles. The minimum atomic E-state index is -5.15. The zero-order chi connectivity index (χ0) is 23.0. The fraction of sp³-hybridized carbons (Fsp3) is 0.550. The molecule has 2 aliphatic rings. The molecule has 0 bridgehead atoms. The van der Waals surface area contributed by atoms with Crippen molar-refractivity contribution >= 4 is 17.6 Å². The summed E-state index contributed by atoms with van der Waals surface area (Å²) in [6, 6.07) is 1.48. The van der Waals surface area contributed by atoms with Crippen molar-refractivity contribution in [3.05, 3.63) is 35.4 Å². The van der Waals surface area contributed by atoms with Crippen LogP contribution in [0.3, 0.4) is 0 Å². The van der Waals surface area contributed by atoms with E-state index in [2.05, 4.69) is 15.3 Å². The van der Waals surface area contributed by atoms with E-state index in [1.807, 2.05) is 0 Å². The highest BCUT2D eigenvalue weighted by Crippen LogP contribution is 2.42. The quantitative estimate of drug-likeness (QED) is 0.552. The van der Waals surface area contributed by atoms with Gasteiger partial charge in [0, 0.05) is 17.7 Å². The lowest BCUT2D eigenvalue weighted by Gasteiger charge is -2.29. The third-order valence-electron chi connectivity index (χ3n) is 5.20. The number of alkyl halides is 3. The van der Waals surface area contributed by atoms with Gasteiger partial charge in [-0.15, -0.1) is 0 Å². The van der Waals surface area contributed by atoms with Gasteiger partial charge in [-0.2, -0.15) is 13.2 Å². The van der Waals surface area contributed by atoms with Crippen LogP contribution in [0.2, 0.25) is 0 Å². The van der Waals surface area contributed by atoms with Crippen LogP contribution in [0.5, 0.6) is 0 Å². The average Bonchev–Trinajstić information content (AvgIpc) is 3.27. The van der Waals surface area contributed by atoms with Crippen molar-refractivity contribution < 1.29 is 41.1 Å². The number of rotatable bonds is 5. The Balaban J connectivity index is 1.72. The number of halogens is 5. The first-order chi connectivity index (χ1) is 14.4. The number of ether oxygens (including phenoxy) is 1. The highest BCUT2D eigenvalue weighted by atomic mass is 19.4. The van der Waals surface area contributed by atoms with E-state index in [-0.39, 0.29) is 18.1 Å². The van der Waals surface area contributed by atoms with Crippen molar-refractivity contribution in [3.8, 4) is 0 Å². The van der Waals surface area contributed by atoms with Gasteiger partial charge in [0.05, 0.1) is 24.2 Å². The Bertz CT molecular complexity index is 882. The molecule has 1 fully saturated rings. The first-order valence-corrected chi connectivity index (χ1v) is 9.71. The van der Waals surface area contributed by atoms with E-state index in [4.69, 9.17) is 4.74 Å². The van der Waals surface area contributed by atoms with Crippen LogP contribution < -0.4 is 5.32 Å². The van der Waals surface area contributed by atoms with Gasteiger partial charge in [-0.05, 0) is 45.2 Å². The fourth-order valence-corrected chi connectivity index (χ4v) is 3.67. The van der Waals surface area contributed by atoms with Crippen LogP contribution in [0.25, 0.3) is 0 Å². The van der Waals surface area contributed by atoms with Crippen LogP contribution in [-0.2, 0) is 19.2 Å². The molecule has 0 aromatic heterocycles.